The average molecular weight is 666 g/mol. The maximum atomic E-state index is 14.0. The molecule has 1 saturated carbocycles. The number of carbonyl (C=O) groups is 2. The van der Waals surface area contributed by atoms with Gasteiger partial charge in [0.15, 0.2) is 5.82 Å². The summed E-state index contributed by atoms with van der Waals surface area (Å²) in [5.41, 5.74) is 21.0. The molecule has 3 aromatic carbocycles. The van der Waals surface area contributed by atoms with Gasteiger partial charge in [0.25, 0.3) is 5.91 Å². The Morgan fingerprint density at radius 1 is 0.960 bits per heavy atom. The van der Waals surface area contributed by atoms with Crippen LogP contribution in [0.1, 0.15) is 57.5 Å². The Labute approximate surface area is 289 Å². The van der Waals surface area contributed by atoms with Crippen LogP contribution in [0.4, 0.5) is 0 Å². The highest BCUT2D eigenvalue weighted by Crippen LogP contribution is 2.40. The molecule has 3 aromatic heterocycles. The first-order valence-electron chi connectivity index (χ1n) is 17.5. The van der Waals surface area contributed by atoms with E-state index in [1.807, 2.05) is 53.7 Å². The number of ether oxygens (including phenoxy) is 1. The van der Waals surface area contributed by atoms with Crippen LogP contribution >= 0.6 is 0 Å². The third-order valence-corrected chi connectivity index (χ3v) is 11.1. The van der Waals surface area contributed by atoms with Gasteiger partial charge in [0.1, 0.15) is 11.3 Å². The molecule has 10 nitrogen and oxygen atoms in total. The molecule has 1 saturated heterocycles. The number of primary amides is 1. The number of hydrogen-bond donors (Lipinski definition) is 2. The van der Waals surface area contributed by atoms with Gasteiger partial charge >= 0.3 is 0 Å². The Morgan fingerprint density at radius 3 is 2.64 bits per heavy atom. The normalized spacial score (nSPS) is 20.0. The van der Waals surface area contributed by atoms with Crippen LogP contribution in [-0.4, -0.2) is 61.6 Å². The van der Waals surface area contributed by atoms with E-state index in [0.717, 1.165) is 83.3 Å². The molecule has 5 heterocycles. The number of rotatable bonds is 3. The van der Waals surface area contributed by atoms with Crippen LogP contribution in [0.15, 0.2) is 79.1 Å². The van der Waals surface area contributed by atoms with E-state index in [-0.39, 0.29) is 18.0 Å². The molecule has 2 fully saturated rings. The molecule has 4 bridgehead atoms. The quantitative estimate of drug-likeness (QED) is 0.246. The Bertz CT molecular complexity index is 2340. The van der Waals surface area contributed by atoms with Crippen molar-refractivity contribution in [3.8, 4) is 28.4 Å². The van der Waals surface area contributed by atoms with Crippen molar-refractivity contribution in [2.45, 2.75) is 57.3 Å². The zero-order chi connectivity index (χ0) is 34.1. The number of likely N-dealkylation sites (tertiary alicyclic amines) is 1. The fourth-order valence-corrected chi connectivity index (χ4v) is 8.70. The van der Waals surface area contributed by atoms with Crippen LogP contribution in [0.2, 0.25) is 0 Å². The smallest absolute Gasteiger partial charge is 0.254 e. The van der Waals surface area contributed by atoms with Gasteiger partial charge in [0, 0.05) is 54.4 Å². The third kappa shape index (κ3) is 4.88. The molecular weight excluding hydrogens is 626 g/mol. The van der Waals surface area contributed by atoms with Crippen LogP contribution in [0, 0.1) is 5.92 Å². The number of nitrogens with zero attached hydrogens (tertiary/aromatic N) is 5. The summed E-state index contributed by atoms with van der Waals surface area (Å²) in [6.07, 6.45) is 8.54. The lowest BCUT2D eigenvalue weighted by molar-refractivity contribution is 0.0700. The second kappa shape index (κ2) is 11.8. The summed E-state index contributed by atoms with van der Waals surface area (Å²) in [5, 5.41) is 1.07. The van der Waals surface area contributed by atoms with Crippen molar-refractivity contribution in [1.29, 1.82) is 0 Å². The number of piperidine rings is 1. The fraction of sp³-hybridized carbons (Fsp3) is 0.300. The van der Waals surface area contributed by atoms with Crippen LogP contribution in [0.25, 0.3) is 44.6 Å². The number of pyridine rings is 1. The second-order valence-electron chi connectivity index (χ2n) is 14.0. The molecule has 10 heteroatoms. The number of imidazole rings is 1. The summed E-state index contributed by atoms with van der Waals surface area (Å²) in [6.45, 7) is 1.85. The lowest BCUT2D eigenvalue weighted by Gasteiger charge is -2.27. The van der Waals surface area contributed by atoms with E-state index < -0.39 is 5.91 Å². The molecule has 1 aliphatic carbocycles. The number of amides is 2. The summed E-state index contributed by atoms with van der Waals surface area (Å²) in [4.78, 5) is 38.5. The molecular formula is C40H39N7O3. The van der Waals surface area contributed by atoms with Gasteiger partial charge in [-0.2, -0.15) is 0 Å². The Balaban J connectivity index is 1.28. The van der Waals surface area contributed by atoms with Crippen molar-refractivity contribution in [3.05, 3.63) is 101 Å². The fourth-order valence-electron chi connectivity index (χ4n) is 8.70. The maximum absolute atomic E-state index is 14.0. The third-order valence-electron chi connectivity index (χ3n) is 11.1. The highest BCUT2D eigenvalue weighted by Gasteiger charge is 2.47. The highest BCUT2D eigenvalue weighted by atomic mass is 16.5. The van der Waals surface area contributed by atoms with Crippen LogP contribution < -0.4 is 16.2 Å². The largest absolute Gasteiger partial charge is 0.494 e. The van der Waals surface area contributed by atoms with Gasteiger partial charge in [-0.25, -0.2) is 4.98 Å². The standard InChI is InChI=1S/C40H39N7O3/c1-50-35-19-29(40(49)46-22-26-9-10-32(46)36(26)41)17-31-37(35)47-21-23-14-27(16-28(15-23)38(42)48)30-8-3-2-6-24(30)7-4-5-13-45-33(39(47)44-31)18-25-11-12-43-20-34(25)45/h2-3,6,8,11-12,14-20,26,32,36H,4-5,7,9-10,13,21-22,41H2,1H3,(H2,42,48). The number of carbonyl (C=O) groups excluding carboxylic acids is 2. The van der Waals surface area contributed by atoms with E-state index in [2.05, 4.69) is 44.5 Å². The molecule has 3 aliphatic rings. The predicted molar refractivity (Wildman–Crippen MR) is 193 cm³/mol. The molecule has 50 heavy (non-hydrogen) atoms. The average Bonchev–Trinajstić information content (AvgIpc) is 3.88. The Kier molecular flexibility index (Phi) is 7.24. The molecule has 6 aromatic rings. The second-order valence-corrected chi connectivity index (χ2v) is 14.0. The van der Waals surface area contributed by atoms with E-state index >= 15 is 0 Å². The van der Waals surface area contributed by atoms with E-state index in [1.165, 1.54) is 5.56 Å². The number of nitrogens with two attached hydrogens (primary N) is 2. The zero-order valence-corrected chi connectivity index (χ0v) is 28.0. The minimum absolute atomic E-state index is 0.0239. The number of methoxy groups -OCH3 is 1. The van der Waals surface area contributed by atoms with Gasteiger partial charge in [-0.1, -0.05) is 24.3 Å². The molecule has 0 radical (unpaired) electrons. The lowest BCUT2D eigenvalue weighted by Crippen LogP contribution is -2.41. The SMILES string of the molecule is COc1cc(C(=O)N2CC3CCC2C3N)cc2nc3n(c12)Cc1cc(C(N)=O)cc(c1)-c1ccccc1CCCCn1c-3cc2ccncc21. The Hall–Kier alpha value is -5.48. The minimum atomic E-state index is -0.480. The van der Waals surface area contributed by atoms with Crippen molar-refractivity contribution in [3.63, 3.8) is 0 Å². The molecule has 252 valence electrons. The van der Waals surface area contributed by atoms with Gasteiger partial charge in [-0.15, -0.1) is 0 Å². The van der Waals surface area contributed by atoms with Crippen LogP contribution in [0.5, 0.6) is 5.75 Å². The molecule has 3 unspecified atom stereocenters. The van der Waals surface area contributed by atoms with Crippen molar-refractivity contribution >= 4 is 33.8 Å². The minimum Gasteiger partial charge on any atom is -0.494 e. The van der Waals surface area contributed by atoms with E-state index in [1.54, 1.807) is 7.11 Å². The molecule has 2 aliphatic heterocycles. The van der Waals surface area contributed by atoms with Gasteiger partial charge in [-0.3, -0.25) is 14.6 Å². The predicted octanol–water partition coefficient (Wildman–Crippen LogP) is 5.77. The van der Waals surface area contributed by atoms with Crippen molar-refractivity contribution in [1.82, 2.24) is 24.0 Å². The first-order chi connectivity index (χ1) is 24.4. The summed E-state index contributed by atoms with van der Waals surface area (Å²) < 4.78 is 10.5. The first kappa shape index (κ1) is 30.6. The monoisotopic (exact) mass is 665 g/mol. The summed E-state index contributed by atoms with van der Waals surface area (Å²) in [7, 11) is 1.63. The molecule has 0 spiro atoms. The molecule has 2 amide bonds. The van der Waals surface area contributed by atoms with E-state index in [4.69, 9.17) is 21.2 Å². The number of aromatic nitrogens is 4. The number of aryl methyl sites for hydroxylation is 2. The van der Waals surface area contributed by atoms with Crippen LogP contribution in [-0.2, 0) is 19.5 Å². The first-order valence-corrected chi connectivity index (χ1v) is 17.5. The molecule has 4 N–H and O–H groups in total. The topological polar surface area (TPSA) is 134 Å². The van der Waals surface area contributed by atoms with Crippen molar-refractivity contribution < 1.29 is 14.3 Å². The maximum Gasteiger partial charge on any atom is 0.254 e. The van der Waals surface area contributed by atoms with Crippen molar-refractivity contribution in [2.24, 2.45) is 17.4 Å². The van der Waals surface area contributed by atoms with E-state index in [0.29, 0.717) is 41.4 Å². The van der Waals surface area contributed by atoms with Gasteiger partial charge in [0.05, 0.1) is 30.0 Å². The van der Waals surface area contributed by atoms with Gasteiger partial charge in [-0.05, 0) is 103 Å². The van der Waals surface area contributed by atoms with Crippen molar-refractivity contribution in [2.75, 3.05) is 13.7 Å². The van der Waals surface area contributed by atoms with Gasteiger partial charge in [0.2, 0.25) is 5.91 Å². The highest BCUT2D eigenvalue weighted by molar-refractivity contribution is 6.01. The molecule has 9 rings (SSSR count). The number of fused-ring (bicyclic) bond motifs is 13. The van der Waals surface area contributed by atoms with E-state index in [9.17, 15) is 9.59 Å². The lowest BCUT2D eigenvalue weighted by atomic mass is 9.93. The molecule has 3 atom stereocenters. The van der Waals surface area contributed by atoms with Crippen LogP contribution in [0.3, 0.4) is 0 Å². The number of hydrogen-bond acceptors (Lipinski definition) is 6. The Morgan fingerprint density at radius 2 is 1.84 bits per heavy atom. The summed E-state index contributed by atoms with van der Waals surface area (Å²) >= 11 is 0. The zero-order valence-electron chi connectivity index (χ0n) is 28.0. The number of benzene rings is 3. The van der Waals surface area contributed by atoms with Gasteiger partial charge < -0.3 is 30.2 Å². The summed E-state index contributed by atoms with van der Waals surface area (Å²) in [5.74, 6) is 1.12. The summed E-state index contributed by atoms with van der Waals surface area (Å²) in [6, 6.07) is 22.3.